The molecular formula is C57H122NP+2. The molecule has 0 aromatic carbocycles. The average molecular weight is 853 g/mol. The van der Waals surface area contributed by atoms with Crippen LogP contribution in [0.1, 0.15) is 318 Å². The summed E-state index contributed by atoms with van der Waals surface area (Å²) in [6.07, 6.45) is 67.9. The van der Waals surface area contributed by atoms with Crippen LogP contribution in [-0.2, 0) is 0 Å². The smallest absolute Gasteiger partial charge is 0.0784 e. The van der Waals surface area contributed by atoms with E-state index in [0.717, 1.165) is 0 Å². The standard InChI is InChI=1S/C32H68P.C25H54N/c1-5-9-13-17-18-19-20-21-22-23-24-28-32-33(29-25-14-10-6-2,30-26-15-11-7-3)31-27-16-12-8-4;1-5-8-11-14-17-20-23-26(4,24-21-18-15-12-9-6-2)25-22-19-16-13-10-7-3/h5-32H2,1-4H3;5-25H2,1-4H3/q2*+1. The maximum atomic E-state index is 2.56. The van der Waals surface area contributed by atoms with E-state index in [-0.39, 0.29) is 0 Å². The van der Waals surface area contributed by atoms with Crippen LogP contribution in [0, 0.1) is 0 Å². The Morgan fingerprint density at radius 1 is 0.203 bits per heavy atom. The van der Waals surface area contributed by atoms with E-state index in [9.17, 15) is 0 Å². The largest absolute Gasteiger partial charge is 0.326 e. The van der Waals surface area contributed by atoms with Gasteiger partial charge in [0.25, 0.3) is 0 Å². The lowest BCUT2D eigenvalue weighted by molar-refractivity contribution is -0.910. The van der Waals surface area contributed by atoms with E-state index in [4.69, 9.17) is 0 Å². The minimum absolute atomic E-state index is 0.697. The molecule has 358 valence electrons. The van der Waals surface area contributed by atoms with Crippen molar-refractivity contribution < 1.29 is 4.48 Å². The molecule has 0 aromatic heterocycles. The number of hydrogen-bond donors (Lipinski definition) is 0. The molecule has 0 saturated carbocycles. The summed E-state index contributed by atoms with van der Waals surface area (Å²) in [4.78, 5) is 0. The van der Waals surface area contributed by atoms with E-state index in [1.54, 1.807) is 50.3 Å². The molecule has 0 fully saturated rings. The minimum atomic E-state index is -0.697. The molecule has 0 amide bonds. The fraction of sp³-hybridized carbons (Fsp3) is 1.00. The number of unbranched alkanes of at least 4 members (excludes halogenated alkanes) is 35. The third-order valence-electron chi connectivity index (χ3n) is 14.1. The Hall–Kier alpha value is 0.390. The second-order valence-corrected chi connectivity index (χ2v) is 24.9. The normalized spacial score (nSPS) is 12.0. The molecule has 1 nitrogen and oxygen atoms in total. The highest BCUT2D eigenvalue weighted by Crippen LogP contribution is 2.61. The van der Waals surface area contributed by atoms with Crippen molar-refractivity contribution in [3.8, 4) is 0 Å². The molecule has 0 aromatic rings. The van der Waals surface area contributed by atoms with E-state index >= 15 is 0 Å². The van der Waals surface area contributed by atoms with Gasteiger partial charge in [0.2, 0.25) is 0 Å². The van der Waals surface area contributed by atoms with Crippen molar-refractivity contribution in [1.29, 1.82) is 0 Å². The maximum Gasteiger partial charge on any atom is 0.0784 e. The van der Waals surface area contributed by atoms with Crippen molar-refractivity contribution in [3.05, 3.63) is 0 Å². The average Bonchev–Trinajstić information content (AvgIpc) is 3.24. The quantitative estimate of drug-likeness (QED) is 0.0325. The first kappa shape index (κ1) is 61.5. The van der Waals surface area contributed by atoms with Crippen LogP contribution in [0.15, 0.2) is 0 Å². The zero-order valence-electron chi connectivity index (χ0n) is 43.5. The molecule has 0 radical (unpaired) electrons. The van der Waals surface area contributed by atoms with Gasteiger partial charge in [0, 0.05) is 7.26 Å². The van der Waals surface area contributed by atoms with Crippen LogP contribution in [-0.4, -0.2) is 55.8 Å². The lowest BCUT2D eigenvalue weighted by atomic mass is 10.1. The van der Waals surface area contributed by atoms with Crippen molar-refractivity contribution in [2.24, 2.45) is 0 Å². The topological polar surface area (TPSA) is 0 Å². The number of hydrogen-bond acceptors (Lipinski definition) is 0. The Bertz CT molecular complexity index is 662. The van der Waals surface area contributed by atoms with Gasteiger partial charge in [0.1, 0.15) is 0 Å². The van der Waals surface area contributed by atoms with Gasteiger partial charge in [0.15, 0.2) is 0 Å². The van der Waals surface area contributed by atoms with Gasteiger partial charge in [-0.25, -0.2) is 0 Å². The first-order valence-electron chi connectivity index (χ1n) is 28.6. The molecule has 2 heteroatoms. The van der Waals surface area contributed by atoms with Crippen LogP contribution in [0.3, 0.4) is 0 Å². The molecular weight excluding hydrogens is 730 g/mol. The summed E-state index contributed by atoms with van der Waals surface area (Å²) in [7, 11) is 1.86. The molecule has 0 rings (SSSR count). The second kappa shape index (κ2) is 51.0. The number of nitrogens with zero attached hydrogens (tertiary/aromatic N) is 1. The SMILES string of the molecule is CCCCCCCCCCCCCC[P+](CCCCCC)(CCCCCC)CCCCCC.CCCCCCCC[N+](C)(CCCCCCCC)CCCCCCCC. The zero-order chi connectivity index (χ0) is 43.6. The summed E-state index contributed by atoms with van der Waals surface area (Å²) in [6, 6.07) is 0. The van der Waals surface area contributed by atoms with Crippen LogP contribution in [0.25, 0.3) is 0 Å². The van der Waals surface area contributed by atoms with Gasteiger partial charge in [-0.2, -0.15) is 0 Å². The molecule has 0 saturated heterocycles. The molecule has 0 atom stereocenters. The third kappa shape index (κ3) is 46.2. The molecule has 0 heterocycles. The summed E-state index contributed by atoms with van der Waals surface area (Å²) in [5.74, 6) is 0. The van der Waals surface area contributed by atoms with Gasteiger partial charge in [-0.3, -0.25) is 0 Å². The molecule has 0 spiro atoms. The summed E-state index contributed by atoms with van der Waals surface area (Å²) < 4.78 is 1.36. The second-order valence-electron chi connectivity index (χ2n) is 20.4. The lowest BCUT2D eigenvalue weighted by Gasteiger charge is -2.35. The highest BCUT2D eigenvalue weighted by Gasteiger charge is 2.35. The molecule has 0 aliphatic rings. The van der Waals surface area contributed by atoms with Crippen molar-refractivity contribution in [3.63, 3.8) is 0 Å². The Balaban J connectivity index is 0. The summed E-state index contributed by atoms with van der Waals surface area (Å²) >= 11 is 0. The first-order valence-corrected chi connectivity index (χ1v) is 31.1. The van der Waals surface area contributed by atoms with E-state index in [2.05, 4.69) is 55.5 Å². The van der Waals surface area contributed by atoms with Gasteiger partial charge >= 0.3 is 0 Å². The molecule has 59 heavy (non-hydrogen) atoms. The summed E-state index contributed by atoms with van der Waals surface area (Å²) in [5.41, 5.74) is 0. The molecule has 0 aliphatic carbocycles. The van der Waals surface area contributed by atoms with E-state index < -0.39 is 7.26 Å². The molecule has 0 bridgehead atoms. The lowest BCUT2D eigenvalue weighted by Crippen LogP contribution is -2.46. The Morgan fingerprint density at radius 2 is 0.356 bits per heavy atom. The number of quaternary nitrogens is 1. The first-order chi connectivity index (χ1) is 28.9. The number of rotatable bonds is 49. The minimum Gasteiger partial charge on any atom is -0.326 e. The highest BCUT2D eigenvalue weighted by molar-refractivity contribution is 7.75. The predicted molar refractivity (Wildman–Crippen MR) is 281 cm³/mol. The van der Waals surface area contributed by atoms with Crippen LogP contribution >= 0.6 is 7.26 Å². The Labute approximate surface area is 379 Å². The Kier molecular flexibility index (Phi) is 53.2. The van der Waals surface area contributed by atoms with E-state index in [1.807, 2.05) is 0 Å². The van der Waals surface area contributed by atoms with Gasteiger partial charge in [-0.1, -0.05) is 228 Å². The molecule has 0 unspecified atom stereocenters. The molecule has 0 N–H and O–H groups in total. The fourth-order valence-electron chi connectivity index (χ4n) is 9.74. The maximum absolute atomic E-state index is 2.56. The third-order valence-corrected chi connectivity index (χ3v) is 19.2. The van der Waals surface area contributed by atoms with Crippen molar-refractivity contribution >= 4 is 7.26 Å². The summed E-state index contributed by atoms with van der Waals surface area (Å²) in [5, 5.41) is 0. The van der Waals surface area contributed by atoms with Crippen LogP contribution in [0.5, 0.6) is 0 Å². The summed E-state index contributed by atoms with van der Waals surface area (Å²) in [6.45, 7) is 20.6. The van der Waals surface area contributed by atoms with Crippen LogP contribution in [0.4, 0.5) is 0 Å². The van der Waals surface area contributed by atoms with Gasteiger partial charge in [-0.05, 0) is 89.9 Å². The highest BCUT2D eigenvalue weighted by atomic mass is 31.2. The molecule has 0 aliphatic heterocycles. The zero-order valence-corrected chi connectivity index (χ0v) is 44.4. The van der Waals surface area contributed by atoms with E-state index in [0.29, 0.717) is 0 Å². The van der Waals surface area contributed by atoms with Gasteiger partial charge < -0.3 is 4.48 Å². The van der Waals surface area contributed by atoms with E-state index in [1.165, 1.54) is 268 Å². The predicted octanol–water partition coefficient (Wildman–Crippen LogP) is 21.0. The van der Waals surface area contributed by atoms with Crippen LogP contribution in [0.2, 0.25) is 0 Å². The Morgan fingerprint density at radius 3 is 0.559 bits per heavy atom. The van der Waals surface area contributed by atoms with Crippen molar-refractivity contribution in [2.75, 3.05) is 51.3 Å². The monoisotopic (exact) mass is 852 g/mol. The van der Waals surface area contributed by atoms with Crippen LogP contribution < -0.4 is 0 Å². The fourth-order valence-corrected chi connectivity index (χ4v) is 14.7. The van der Waals surface area contributed by atoms with Gasteiger partial charge in [-0.15, -0.1) is 0 Å². The van der Waals surface area contributed by atoms with Crippen molar-refractivity contribution in [1.82, 2.24) is 0 Å². The van der Waals surface area contributed by atoms with Crippen molar-refractivity contribution in [2.45, 2.75) is 318 Å². The van der Waals surface area contributed by atoms with Gasteiger partial charge in [0.05, 0.1) is 51.3 Å².